The summed E-state index contributed by atoms with van der Waals surface area (Å²) in [5.41, 5.74) is 5.83. The fourth-order valence-corrected chi connectivity index (χ4v) is 2.80. The van der Waals surface area contributed by atoms with E-state index in [1.807, 2.05) is 33.0 Å². The summed E-state index contributed by atoms with van der Waals surface area (Å²) in [7, 11) is 1.97. The van der Waals surface area contributed by atoms with Crippen molar-refractivity contribution in [3.63, 3.8) is 0 Å². The molecule has 0 aliphatic rings. The van der Waals surface area contributed by atoms with Crippen LogP contribution in [-0.2, 0) is 0 Å². The first kappa shape index (κ1) is 15.4. The van der Waals surface area contributed by atoms with Crippen molar-refractivity contribution in [2.45, 2.75) is 26.8 Å². The Morgan fingerprint density at radius 2 is 1.50 bits per heavy atom. The molecule has 1 atom stereocenters. The zero-order valence-electron chi connectivity index (χ0n) is 12.2. The molecule has 3 heteroatoms. The van der Waals surface area contributed by atoms with Crippen LogP contribution < -0.4 is 5.32 Å². The third kappa shape index (κ3) is 3.01. The van der Waals surface area contributed by atoms with Crippen LogP contribution in [0.3, 0.4) is 0 Å². The fraction of sp³-hybridized carbons (Fsp3) is 0.294. The van der Waals surface area contributed by atoms with Crippen molar-refractivity contribution in [1.29, 1.82) is 0 Å². The fourth-order valence-electron chi connectivity index (χ4n) is 2.46. The Kier molecular flexibility index (Phi) is 4.74. The van der Waals surface area contributed by atoms with E-state index in [4.69, 9.17) is 23.2 Å². The first-order valence-electron chi connectivity index (χ1n) is 6.64. The lowest BCUT2D eigenvalue weighted by Crippen LogP contribution is -2.19. The molecule has 1 N–H and O–H groups in total. The maximum absolute atomic E-state index is 6.19. The van der Waals surface area contributed by atoms with Crippen LogP contribution in [-0.4, -0.2) is 7.05 Å². The van der Waals surface area contributed by atoms with Crippen LogP contribution in [0.4, 0.5) is 0 Å². The van der Waals surface area contributed by atoms with E-state index in [0.717, 1.165) is 21.2 Å². The van der Waals surface area contributed by atoms with E-state index >= 15 is 0 Å². The summed E-state index contributed by atoms with van der Waals surface area (Å²) in [5, 5.41) is 4.99. The van der Waals surface area contributed by atoms with Crippen LogP contribution in [0.5, 0.6) is 0 Å². The molecule has 2 aromatic rings. The van der Waals surface area contributed by atoms with Gasteiger partial charge in [-0.05, 0) is 67.8 Å². The van der Waals surface area contributed by atoms with E-state index in [1.54, 1.807) is 0 Å². The molecule has 20 heavy (non-hydrogen) atoms. The van der Waals surface area contributed by atoms with E-state index in [2.05, 4.69) is 30.4 Å². The average Bonchev–Trinajstić information content (AvgIpc) is 2.40. The molecule has 0 fully saturated rings. The van der Waals surface area contributed by atoms with Gasteiger partial charge in [-0.15, -0.1) is 0 Å². The highest BCUT2D eigenvalue weighted by atomic mass is 35.5. The van der Waals surface area contributed by atoms with E-state index in [0.29, 0.717) is 0 Å². The minimum Gasteiger partial charge on any atom is -0.309 e. The highest BCUT2D eigenvalue weighted by Gasteiger charge is 2.16. The number of halogens is 2. The Morgan fingerprint density at radius 3 is 2.10 bits per heavy atom. The van der Waals surface area contributed by atoms with Gasteiger partial charge in [-0.2, -0.15) is 0 Å². The minimum atomic E-state index is 0.141. The lowest BCUT2D eigenvalue weighted by Gasteiger charge is -2.21. The van der Waals surface area contributed by atoms with Gasteiger partial charge in [0.1, 0.15) is 0 Å². The zero-order valence-corrected chi connectivity index (χ0v) is 13.7. The molecule has 0 heterocycles. The van der Waals surface area contributed by atoms with Crippen molar-refractivity contribution in [1.82, 2.24) is 5.32 Å². The molecule has 0 aliphatic heterocycles. The minimum absolute atomic E-state index is 0.141. The van der Waals surface area contributed by atoms with Crippen molar-refractivity contribution in [2.24, 2.45) is 0 Å². The molecule has 0 saturated heterocycles. The second kappa shape index (κ2) is 6.17. The molecule has 0 aliphatic carbocycles. The van der Waals surface area contributed by atoms with Crippen molar-refractivity contribution in [2.75, 3.05) is 7.05 Å². The summed E-state index contributed by atoms with van der Waals surface area (Å²) >= 11 is 12.3. The predicted molar refractivity (Wildman–Crippen MR) is 88.0 cm³/mol. The molecule has 0 spiro atoms. The number of aryl methyl sites for hydroxylation is 3. The maximum Gasteiger partial charge on any atom is 0.0577 e. The molecule has 0 aromatic heterocycles. The largest absolute Gasteiger partial charge is 0.309 e. The molecular weight excluding hydrogens is 289 g/mol. The van der Waals surface area contributed by atoms with E-state index in [-0.39, 0.29) is 6.04 Å². The Hall–Kier alpha value is -1.02. The molecule has 2 aromatic carbocycles. The van der Waals surface area contributed by atoms with Crippen LogP contribution in [0.25, 0.3) is 0 Å². The summed E-state index contributed by atoms with van der Waals surface area (Å²) in [4.78, 5) is 0. The number of benzene rings is 2. The summed E-state index contributed by atoms with van der Waals surface area (Å²) in [6.07, 6.45) is 0. The Balaban J connectivity index is 2.52. The quantitative estimate of drug-likeness (QED) is 0.819. The van der Waals surface area contributed by atoms with Gasteiger partial charge < -0.3 is 5.32 Å². The third-order valence-corrected chi connectivity index (χ3v) is 4.49. The van der Waals surface area contributed by atoms with Crippen molar-refractivity contribution >= 4 is 23.2 Å². The average molecular weight is 308 g/mol. The molecule has 0 saturated carbocycles. The third-order valence-electron chi connectivity index (χ3n) is 3.66. The topological polar surface area (TPSA) is 12.0 Å². The van der Waals surface area contributed by atoms with Gasteiger partial charge in [0.15, 0.2) is 0 Å². The van der Waals surface area contributed by atoms with Gasteiger partial charge >= 0.3 is 0 Å². The number of rotatable bonds is 3. The number of nitrogens with one attached hydrogen (secondary N) is 1. The Bertz CT molecular complexity index is 635. The summed E-state index contributed by atoms with van der Waals surface area (Å²) < 4.78 is 0. The standard InChI is InChI=1S/C17H19Cl2N/c1-10-9-16(19)12(3)8-14(10)17(20-4)13-5-6-15(18)11(2)7-13/h5-9,17,20H,1-4H3. The predicted octanol–water partition coefficient (Wildman–Crippen LogP) is 5.23. The van der Waals surface area contributed by atoms with Crippen LogP contribution in [0.1, 0.15) is 33.9 Å². The van der Waals surface area contributed by atoms with Crippen LogP contribution in [0.2, 0.25) is 10.0 Å². The Labute approximate surface area is 130 Å². The van der Waals surface area contributed by atoms with Gasteiger partial charge in [-0.25, -0.2) is 0 Å². The molecule has 1 unspecified atom stereocenters. The normalized spacial score (nSPS) is 12.5. The van der Waals surface area contributed by atoms with Crippen molar-refractivity contribution < 1.29 is 0 Å². The SMILES string of the molecule is CNC(c1ccc(Cl)c(C)c1)c1cc(C)c(Cl)cc1C. The van der Waals surface area contributed by atoms with Gasteiger partial charge in [0, 0.05) is 10.0 Å². The highest BCUT2D eigenvalue weighted by molar-refractivity contribution is 6.31. The maximum atomic E-state index is 6.19. The summed E-state index contributed by atoms with van der Waals surface area (Å²) in [6, 6.07) is 10.5. The summed E-state index contributed by atoms with van der Waals surface area (Å²) in [6.45, 7) is 6.15. The Morgan fingerprint density at radius 1 is 0.850 bits per heavy atom. The van der Waals surface area contributed by atoms with Gasteiger partial charge in [-0.1, -0.05) is 41.4 Å². The molecule has 0 radical (unpaired) electrons. The van der Waals surface area contributed by atoms with Gasteiger partial charge in [0.25, 0.3) is 0 Å². The highest BCUT2D eigenvalue weighted by Crippen LogP contribution is 2.30. The molecule has 0 bridgehead atoms. The van der Waals surface area contributed by atoms with Gasteiger partial charge in [-0.3, -0.25) is 0 Å². The van der Waals surface area contributed by atoms with Crippen LogP contribution in [0, 0.1) is 20.8 Å². The van der Waals surface area contributed by atoms with Crippen LogP contribution >= 0.6 is 23.2 Å². The second-order valence-corrected chi connectivity index (χ2v) is 6.00. The molecule has 2 rings (SSSR count). The molecular formula is C17H19Cl2N. The van der Waals surface area contributed by atoms with Gasteiger partial charge in [0.05, 0.1) is 6.04 Å². The molecule has 0 amide bonds. The second-order valence-electron chi connectivity index (χ2n) is 5.19. The number of hydrogen-bond donors (Lipinski definition) is 1. The lowest BCUT2D eigenvalue weighted by atomic mass is 9.93. The van der Waals surface area contributed by atoms with Crippen LogP contribution in [0.15, 0.2) is 30.3 Å². The van der Waals surface area contributed by atoms with Gasteiger partial charge in [0.2, 0.25) is 0 Å². The first-order chi connectivity index (χ1) is 9.43. The van der Waals surface area contributed by atoms with E-state index < -0.39 is 0 Å². The zero-order chi connectivity index (χ0) is 14.9. The monoisotopic (exact) mass is 307 g/mol. The van der Waals surface area contributed by atoms with E-state index in [9.17, 15) is 0 Å². The van der Waals surface area contributed by atoms with Crippen molar-refractivity contribution in [3.05, 3.63) is 68.2 Å². The molecule has 1 nitrogen and oxygen atoms in total. The smallest absolute Gasteiger partial charge is 0.0577 e. The summed E-state index contributed by atoms with van der Waals surface area (Å²) in [5.74, 6) is 0. The number of hydrogen-bond acceptors (Lipinski definition) is 1. The first-order valence-corrected chi connectivity index (χ1v) is 7.39. The molecule has 106 valence electrons. The van der Waals surface area contributed by atoms with Crippen molar-refractivity contribution in [3.8, 4) is 0 Å². The lowest BCUT2D eigenvalue weighted by molar-refractivity contribution is 0.686. The van der Waals surface area contributed by atoms with E-state index in [1.165, 1.54) is 16.7 Å².